The van der Waals surface area contributed by atoms with Gasteiger partial charge in [-0.25, -0.2) is 0 Å². The number of hydrogen-bond donors (Lipinski definition) is 1. The van der Waals surface area contributed by atoms with Crippen LogP contribution in [0.5, 0.6) is 0 Å². The van der Waals surface area contributed by atoms with Gasteiger partial charge in [0.2, 0.25) is 11.7 Å². The van der Waals surface area contributed by atoms with Crippen LogP contribution in [-0.2, 0) is 17.8 Å². The van der Waals surface area contributed by atoms with E-state index in [0.29, 0.717) is 28.1 Å². The van der Waals surface area contributed by atoms with Gasteiger partial charge in [-0.2, -0.15) is 0 Å². The minimum atomic E-state index is -0.0997. The van der Waals surface area contributed by atoms with Gasteiger partial charge in [-0.05, 0) is 41.8 Å². The minimum absolute atomic E-state index is 0.0315. The Kier molecular flexibility index (Phi) is 6.43. The van der Waals surface area contributed by atoms with Crippen LogP contribution in [-0.4, -0.2) is 30.8 Å². The molecule has 0 atom stereocenters. The van der Waals surface area contributed by atoms with Gasteiger partial charge in [-0.3, -0.25) is 18.6 Å². The number of nitrogens with zero attached hydrogens (tertiary/aromatic N) is 4. The molecule has 0 unspecified atom stereocenters. The number of anilines is 1. The first kappa shape index (κ1) is 21.6. The molecule has 0 aliphatic rings. The fraction of sp³-hybridized carbons (Fsp3) is 0.364. The highest BCUT2D eigenvalue weighted by molar-refractivity contribution is 7.99. The molecule has 162 valence electrons. The molecule has 1 N–H and O–H groups in total. The minimum Gasteiger partial charge on any atom is -0.325 e. The molecule has 4 rings (SSSR count). The zero-order valence-corrected chi connectivity index (χ0v) is 19.4. The van der Waals surface area contributed by atoms with E-state index in [9.17, 15) is 9.59 Å². The van der Waals surface area contributed by atoms with Crippen LogP contribution in [0.3, 0.4) is 0 Å². The largest absolute Gasteiger partial charge is 0.325 e. The molecular weight excluding hydrogens is 430 g/mol. The van der Waals surface area contributed by atoms with Crippen LogP contribution in [0.2, 0.25) is 0 Å². The number of thiophene rings is 1. The first-order chi connectivity index (χ1) is 15.0. The lowest BCUT2D eigenvalue weighted by Gasteiger charge is -2.11. The van der Waals surface area contributed by atoms with E-state index < -0.39 is 0 Å². The first-order valence-corrected chi connectivity index (χ1v) is 12.2. The van der Waals surface area contributed by atoms with Gasteiger partial charge in [0.15, 0.2) is 5.16 Å². The van der Waals surface area contributed by atoms with Crippen LogP contribution in [0.25, 0.3) is 16.0 Å². The molecule has 3 heterocycles. The van der Waals surface area contributed by atoms with Crippen molar-refractivity contribution in [3.05, 3.63) is 51.6 Å². The quantitative estimate of drug-likeness (QED) is 0.397. The lowest BCUT2D eigenvalue weighted by Crippen LogP contribution is -2.23. The van der Waals surface area contributed by atoms with E-state index >= 15 is 0 Å². The number of fused-ring (bicyclic) bond motifs is 3. The van der Waals surface area contributed by atoms with Crippen molar-refractivity contribution < 1.29 is 4.79 Å². The predicted molar refractivity (Wildman–Crippen MR) is 127 cm³/mol. The van der Waals surface area contributed by atoms with Crippen molar-refractivity contribution in [2.45, 2.75) is 45.3 Å². The molecular formula is C22H25N5O2S2. The van der Waals surface area contributed by atoms with Crippen molar-refractivity contribution >= 4 is 50.7 Å². The number of hydrogen-bond acceptors (Lipinski definition) is 6. The molecule has 31 heavy (non-hydrogen) atoms. The van der Waals surface area contributed by atoms with Gasteiger partial charge >= 0.3 is 0 Å². The third kappa shape index (κ3) is 4.38. The average Bonchev–Trinajstić information content (AvgIpc) is 3.39. The molecule has 1 aromatic carbocycles. The smallest absolute Gasteiger partial charge is 0.272 e. The van der Waals surface area contributed by atoms with Crippen molar-refractivity contribution in [2.75, 3.05) is 11.1 Å². The second-order valence-corrected chi connectivity index (χ2v) is 9.60. The maximum atomic E-state index is 13.0. The molecule has 0 spiro atoms. The summed E-state index contributed by atoms with van der Waals surface area (Å²) in [7, 11) is 0. The van der Waals surface area contributed by atoms with Crippen molar-refractivity contribution in [1.29, 1.82) is 0 Å². The Hall–Kier alpha value is -2.65. The third-order valence-electron chi connectivity index (χ3n) is 5.12. The van der Waals surface area contributed by atoms with Crippen molar-refractivity contribution in [3.63, 3.8) is 0 Å². The SMILES string of the molecule is CCc1ccccc1NC(=O)CSc1nnc2n(CCC(C)C)c(=O)c3sccc3n12. The second-order valence-electron chi connectivity index (χ2n) is 7.74. The normalized spacial score (nSPS) is 11.6. The standard InChI is InChI=1S/C22H25N5O2S2/c1-4-15-7-5-6-8-16(15)23-18(28)13-31-22-25-24-21-26(11-9-14(2)3)20(29)19-17(27(21)22)10-12-30-19/h5-8,10,12,14H,4,9,11,13H2,1-3H3,(H,23,28). The van der Waals surface area contributed by atoms with Gasteiger partial charge in [0.25, 0.3) is 5.56 Å². The Morgan fingerprint density at radius 3 is 2.81 bits per heavy atom. The molecule has 0 radical (unpaired) electrons. The Bertz CT molecular complexity index is 1290. The van der Waals surface area contributed by atoms with Gasteiger partial charge in [-0.15, -0.1) is 21.5 Å². The molecule has 9 heteroatoms. The molecule has 0 saturated heterocycles. The van der Waals surface area contributed by atoms with E-state index in [-0.39, 0.29) is 17.2 Å². The van der Waals surface area contributed by atoms with E-state index in [1.54, 1.807) is 4.57 Å². The summed E-state index contributed by atoms with van der Waals surface area (Å²) in [4.78, 5) is 25.6. The van der Waals surface area contributed by atoms with Crippen LogP contribution in [0.15, 0.2) is 45.7 Å². The van der Waals surface area contributed by atoms with Crippen LogP contribution in [0, 0.1) is 5.92 Å². The number of aromatic nitrogens is 4. The molecule has 0 aliphatic heterocycles. The number of para-hydroxylation sites is 1. The predicted octanol–water partition coefficient (Wildman–Crippen LogP) is 4.45. The molecule has 0 saturated carbocycles. The summed E-state index contributed by atoms with van der Waals surface area (Å²) in [6.45, 7) is 6.91. The highest BCUT2D eigenvalue weighted by Gasteiger charge is 2.19. The lowest BCUT2D eigenvalue weighted by atomic mass is 10.1. The van der Waals surface area contributed by atoms with E-state index in [1.807, 2.05) is 40.1 Å². The van der Waals surface area contributed by atoms with Gasteiger partial charge in [0.1, 0.15) is 4.70 Å². The Labute approximate surface area is 188 Å². The van der Waals surface area contributed by atoms with Gasteiger partial charge in [0, 0.05) is 12.2 Å². The first-order valence-electron chi connectivity index (χ1n) is 10.3. The van der Waals surface area contributed by atoms with Crippen molar-refractivity contribution in [1.82, 2.24) is 19.2 Å². The summed E-state index contributed by atoms with van der Waals surface area (Å²) in [6.07, 6.45) is 1.73. The molecule has 7 nitrogen and oxygen atoms in total. The number of carbonyl (C=O) groups excluding carboxylic acids is 1. The molecule has 0 aliphatic carbocycles. The zero-order valence-electron chi connectivity index (χ0n) is 17.8. The molecule has 3 aromatic heterocycles. The van der Waals surface area contributed by atoms with Crippen LogP contribution < -0.4 is 10.9 Å². The highest BCUT2D eigenvalue weighted by atomic mass is 32.2. The maximum Gasteiger partial charge on any atom is 0.272 e. The fourth-order valence-corrected chi connectivity index (χ4v) is 5.01. The van der Waals surface area contributed by atoms with Gasteiger partial charge in [-0.1, -0.05) is 50.7 Å². The molecule has 1 amide bonds. The van der Waals surface area contributed by atoms with E-state index in [0.717, 1.165) is 29.6 Å². The number of thioether (sulfide) groups is 1. The summed E-state index contributed by atoms with van der Waals surface area (Å²) in [5.74, 6) is 1.10. The Morgan fingerprint density at radius 1 is 1.23 bits per heavy atom. The summed E-state index contributed by atoms with van der Waals surface area (Å²) in [5.41, 5.74) is 2.69. The number of amides is 1. The van der Waals surface area contributed by atoms with Crippen LogP contribution >= 0.6 is 23.1 Å². The van der Waals surface area contributed by atoms with Gasteiger partial charge in [0.05, 0.1) is 11.3 Å². The van der Waals surface area contributed by atoms with Crippen LogP contribution in [0.1, 0.15) is 32.8 Å². The van der Waals surface area contributed by atoms with Crippen molar-refractivity contribution in [2.24, 2.45) is 5.92 Å². The van der Waals surface area contributed by atoms with E-state index in [2.05, 4.69) is 36.3 Å². The summed E-state index contributed by atoms with van der Waals surface area (Å²) >= 11 is 2.74. The summed E-state index contributed by atoms with van der Waals surface area (Å²) in [6, 6.07) is 9.72. The number of rotatable bonds is 8. The Balaban J connectivity index is 1.61. The van der Waals surface area contributed by atoms with E-state index in [1.165, 1.54) is 23.1 Å². The highest BCUT2D eigenvalue weighted by Crippen LogP contribution is 2.25. The topological polar surface area (TPSA) is 81.3 Å². The molecule has 0 fully saturated rings. The second kappa shape index (κ2) is 9.23. The Morgan fingerprint density at radius 2 is 2.03 bits per heavy atom. The van der Waals surface area contributed by atoms with E-state index in [4.69, 9.17) is 0 Å². The number of carbonyl (C=O) groups is 1. The zero-order chi connectivity index (χ0) is 22.0. The molecule has 4 aromatic rings. The number of benzene rings is 1. The number of nitrogens with one attached hydrogen (secondary N) is 1. The monoisotopic (exact) mass is 455 g/mol. The fourth-order valence-electron chi connectivity index (χ4n) is 3.45. The summed E-state index contributed by atoms with van der Waals surface area (Å²) < 4.78 is 4.28. The average molecular weight is 456 g/mol. The van der Waals surface area contributed by atoms with Crippen molar-refractivity contribution in [3.8, 4) is 0 Å². The lowest BCUT2D eigenvalue weighted by molar-refractivity contribution is -0.113. The van der Waals surface area contributed by atoms with Gasteiger partial charge < -0.3 is 5.32 Å². The number of aryl methyl sites for hydroxylation is 2. The van der Waals surface area contributed by atoms with Crippen LogP contribution in [0.4, 0.5) is 5.69 Å². The molecule has 0 bridgehead atoms. The third-order valence-corrected chi connectivity index (χ3v) is 6.94. The summed E-state index contributed by atoms with van der Waals surface area (Å²) in [5, 5.41) is 14.1. The maximum absolute atomic E-state index is 13.0.